The van der Waals surface area contributed by atoms with Crippen LogP contribution in [0.4, 0.5) is 0 Å². The minimum Gasteiger partial charge on any atom is -0.487 e. The Labute approximate surface area is 170 Å². The maximum Gasteiger partial charge on any atom is 0.235 e. The summed E-state index contributed by atoms with van der Waals surface area (Å²) in [5, 5.41) is 11.6. The Balaban J connectivity index is 2.29. The summed E-state index contributed by atoms with van der Waals surface area (Å²) >= 11 is 16.3. The van der Waals surface area contributed by atoms with Crippen LogP contribution in [0.5, 0.6) is 5.75 Å². The lowest BCUT2D eigenvalue weighted by atomic mass is 10.2. The molecule has 0 bridgehead atoms. The van der Waals surface area contributed by atoms with Crippen molar-refractivity contribution in [3.63, 3.8) is 0 Å². The van der Waals surface area contributed by atoms with Crippen molar-refractivity contribution in [3.05, 3.63) is 75.0 Å². The van der Waals surface area contributed by atoms with E-state index in [4.69, 9.17) is 27.9 Å². The van der Waals surface area contributed by atoms with Gasteiger partial charge in [-0.1, -0.05) is 29.3 Å². The molecule has 0 aliphatic heterocycles. The van der Waals surface area contributed by atoms with E-state index in [1.54, 1.807) is 18.2 Å². The Hall–Kier alpha value is -0.580. The highest BCUT2D eigenvalue weighted by Crippen LogP contribution is 2.31. The molecule has 8 heteroatoms. The number of nitro groups is 1. The fourth-order valence-electron chi connectivity index (χ4n) is 1.79. The van der Waals surface area contributed by atoms with Crippen LogP contribution in [0.2, 0.25) is 10.0 Å². The van der Waals surface area contributed by atoms with Crippen LogP contribution in [0.3, 0.4) is 0 Å². The zero-order chi connectivity index (χ0) is 17.0. The van der Waals surface area contributed by atoms with Gasteiger partial charge in [-0.05, 0) is 69.4 Å². The van der Waals surface area contributed by atoms with Gasteiger partial charge in [0.05, 0.1) is 8.49 Å². The van der Waals surface area contributed by atoms with Gasteiger partial charge in [-0.25, -0.2) is 0 Å². The largest absolute Gasteiger partial charge is 0.487 e. The molecule has 0 saturated carbocycles. The molecule has 120 valence electrons. The average Bonchev–Trinajstić information content (AvgIpc) is 2.45. The molecule has 0 heterocycles. The van der Waals surface area contributed by atoms with Crippen molar-refractivity contribution in [2.45, 2.75) is 6.61 Å². The molecule has 2 aromatic rings. The molecule has 0 saturated heterocycles. The molecule has 0 spiro atoms. The van der Waals surface area contributed by atoms with E-state index < -0.39 is 4.92 Å². The van der Waals surface area contributed by atoms with Gasteiger partial charge in [-0.2, -0.15) is 0 Å². The maximum atomic E-state index is 10.6. The summed E-state index contributed by atoms with van der Waals surface area (Å²) in [5.41, 5.74) is 1.43. The maximum absolute atomic E-state index is 10.6. The van der Waals surface area contributed by atoms with Crippen LogP contribution < -0.4 is 4.74 Å². The SMILES string of the molecule is O=[N+]([O-])/C=C\c1cc(I)cc(I)c1OCc1ccc(Cl)cc1Cl. The first-order valence-electron chi connectivity index (χ1n) is 6.24. The van der Waals surface area contributed by atoms with Crippen LogP contribution in [0, 0.1) is 17.3 Å². The molecular weight excluding hydrogens is 567 g/mol. The summed E-state index contributed by atoms with van der Waals surface area (Å²) in [4.78, 5) is 10.0. The van der Waals surface area contributed by atoms with Crippen LogP contribution in [-0.4, -0.2) is 4.92 Å². The van der Waals surface area contributed by atoms with Gasteiger partial charge in [0.25, 0.3) is 0 Å². The van der Waals surface area contributed by atoms with Crippen LogP contribution in [0.25, 0.3) is 6.08 Å². The molecule has 4 nitrogen and oxygen atoms in total. The van der Waals surface area contributed by atoms with E-state index in [0.717, 1.165) is 18.9 Å². The van der Waals surface area contributed by atoms with E-state index in [9.17, 15) is 10.1 Å². The highest BCUT2D eigenvalue weighted by atomic mass is 127. The summed E-state index contributed by atoms with van der Waals surface area (Å²) in [6.45, 7) is 0.242. The molecule has 2 rings (SSSR count). The number of hydrogen-bond donors (Lipinski definition) is 0. The van der Waals surface area contributed by atoms with Gasteiger partial charge >= 0.3 is 0 Å². The predicted octanol–water partition coefficient (Wildman–Crippen LogP) is 6.03. The molecule has 0 N–H and O–H groups in total. The standard InChI is InChI=1S/C15H9Cl2I2NO3/c16-11-2-1-10(13(17)6-11)8-23-15-9(3-4-20(21)22)5-12(18)7-14(15)19/h1-7H,8H2/b4-3-. The Morgan fingerprint density at radius 2 is 1.96 bits per heavy atom. The molecule has 0 unspecified atom stereocenters. The zero-order valence-corrected chi connectivity index (χ0v) is 17.3. The van der Waals surface area contributed by atoms with Gasteiger partial charge in [0.15, 0.2) is 0 Å². The zero-order valence-electron chi connectivity index (χ0n) is 11.4. The van der Waals surface area contributed by atoms with Gasteiger partial charge in [0.1, 0.15) is 12.4 Å². The number of rotatable bonds is 5. The third-order valence-electron chi connectivity index (χ3n) is 2.80. The van der Waals surface area contributed by atoms with E-state index in [2.05, 4.69) is 45.2 Å². The van der Waals surface area contributed by atoms with Gasteiger partial charge in [0, 0.05) is 30.8 Å². The summed E-state index contributed by atoms with van der Waals surface area (Å²) < 4.78 is 7.68. The van der Waals surface area contributed by atoms with Gasteiger partial charge in [-0.3, -0.25) is 10.1 Å². The lowest BCUT2D eigenvalue weighted by molar-refractivity contribution is -0.400. The van der Waals surface area contributed by atoms with Crippen LogP contribution in [0.1, 0.15) is 11.1 Å². The van der Waals surface area contributed by atoms with Crippen molar-refractivity contribution in [1.82, 2.24) is 0 Å². The second-order valence-electron chi connectivity index (χ2n) is 4.43. The normalized spacial score (nSPS) is 11.0. The van der Waals surface area contributed by atoms with Crippen molar-refractivity contribution < 1.29 is 9.66 Å². The van der Waals surface area contributed by atoms with Crippen molar-refractivity contribution in [3.8, 4) is 5.75 Å². The first-order chi connectivity index (χ1) is 10.9. The molecule has 0 aromatic heterocycles. The fraction of sp³-hybridized carbons (Fsp3) is 0.0667. The minimum atomic E-state index is -0.507. The smallest absolute Gasteiger partial charge is 0.235 e. The quantitative estimate of drug-likeness (QED) is 0.249. The number of benzene rings is 2. The Kier molecular flexibility index (Phi) is 6.93. The van der Waals surface area contributed by atoms with Crippen molar-refractivity contribution in [2.24, 2.45) is 0 Å². The third-order valence-corrected chi connectivity index (χ3v) is 4.81. The number of nitrogens with zero attached hydrogens (tertiary/aromatic N) is 1. The number of hydrogen-bond acceptors (Lipinski definition) is 3. The summed E-state index contributed by atoms with van der Waals surface area (Å²) in [7, 11) is 0. The molecule has 0 radical (unpaired) electrons. The van der Waals surface area contributed by atoms with E-state index in [0.29, 0.717) is 21.4 Å². The molecule has 2 aromatic carbocycles. The molecule has 0 amide bonds. The highest BCUT2D eigenvalue weighted by Gasteiger charge is 2.11. The Morgan fingerprint density at radius 1 is 1.22 bits per heavy atom. The second-order valence-corrected chi connectivity index (χ2v) is 7.68. The number of ether oxygens (including phenoxy) is 1. The summed E-state index contributed by atoms with van der Waals surface area (Å²) in [6.07, 6.45) is 2.31. The molecule has 0 aliphatic carbocycles. The molecular formula is C15H9Cl2I2NO3. The molecule has 0 atom stereocenters. The second kappa shape index (κ2) is 8.50. The summed E-state index contributed by atoms with van der Waals surface area (Å²) in [5.74, 6) is 0.579. The number of halogens is 4. The fourth-order valence-corrected chi connectivity index (χ4v) is 4.29. The minimum absolute atomic E-state index is 0.242. The monoisotopic (exact) mass is 575 g/mol. The van der Waals surface area contributed by atoms with Crippen molar-refractivity contribution >= 4 is 74.5 Å². The van der Waals surface area contributed by atoms with Crippen molar-refractivity contribution in [1.29, 1.82) is 0 Å². The first-order valence-corrected chi connectivity index (χ1v) is 9.15. The summed E-state index contributed by atoms with van der Waals surface area (Å²) in [6, 6.07) is 8.93. The van der Waals surface area contributed by atoms with Crippen LogP contribution in [0.15, 0.2) is 36.5 Å². The van der Waals surface area contributed by atoms with Gasteiger partial charge in [0.2, 0.25) is 6.20 Å². The average molecular weight is 576 g/mol. The van der Waals surface area contributed by atoms with Crippen molar-refractivity contribution in [2.75, 3.05) is 0 Å². The predicted molar refractivity (Wildman–Crippen MR) is 109 cm³/mol. The topological polar surface area (TPSA) is 52.4 Å². The molecule has 0 fully saturated rings. The lowest BCUT2D eigenvalue weighted by Gasteiger charge is -2.13. The van der Waals surface area contributed by atoms with E-state index >= 15 is 0 Å². The van der Waals surface area contributed by atoms with E-state index in [1.807, 2.05) is 12.1 Å². The van der Waals surface area contributed by atoms with Gasteiger partial charge < -0.3 is 4.74 Å². The van der Waals surface area contributed by atoms with E-state index in [1.165, 1.54) is 6.08 Å². The lowest BCUT2D eigenvalue weighted by Crippen LogP contribution is -2.00. The van der Waals surface area contributed by atoms with E-state index in [-0.39, 0.29) is 6.61 Å². The van der Waals surface area contributed by atoms with Crippen LogP contribution >= 0.6 is 68.4 Å². The van der Waals surface area contributed by atoms with Crippen LogP contribution in [-0.2, 0) is 6.61 Å². The Bertz CT molecular complexity index is 782. The third kappa shape index (κ3) is 5.47. The molecule has 23 heavy (non-hydrogen) atoms. The molecule has 0 aliphatic rings. The first kappa shape index (κ1) is 18.8. The van der Waals surface area contributed by atoms with Gasteiger partial charge in [-0.15, -0.1) is 0 Å². The highest BCUT2D eigenvalue weighted by molar-refractivity contribution is 14.1. The Morgan fingerprint density at radius 3 is 2.61 bits per heavy atom.